The minimum Gasteiger partial charge on any atom is -0.444 e. The van der Waals surface area contributed by atoms with Crippen molar-refractivity contribution >= 4 is 17.7 Å². The van der Waals surface area contributed by atoms with Crippen LogP contribution < -0.4 is 0 Å². The van der Waals surface area contributed by atoms with Crippen LogP contribution in [0, 0.1) is 11.3 Å². The summed E-state index contributed by atoms with van der Waals surface area (Å²) in [5.74, 6) is -0.0925. The van der Waals surface area contributed by atoms with Crippen LogP contribution in [0.25, 0.3) is 0 Å². The predicted molar refractivity (Wildman–Crippen MR) is 95.7 cm³/mol. The van der Waals surface area contributed by atoms with Crippen LogP contribution in [0.15, 0.2) is 73.1 Å². The first-order valence-electron chi connectivity index (χ1n) is 7.72. The lowest BCUT2D eigenvalue weighted by molar-refractivity contribution is 0.121. The van der Waals surface area contributed by atoms with E-state index in [1.54, 1.807) is 24.5 Å². The SMILES string of the molecule is N#Cc1cc(Cl)ccc1C1C=CN(C(=O)OCc2ccccc2)C=C1. The molecule has 0 unspecified atom stereocenters. The predicted octanol–water partition coefficient (Wildman–Crippen LogP) is 4.98. The molecular formula is C20H15ClN2O2. The summed E-state index contributed by atoms with van der Waals surface area (Å²) in [4.78, 5) is 13.5. The lowest BCUT2D eigenvalue weighted by atomic mass is 9.93. The van der Waals surface area contributed by atoms with Gasteiger partial charge in [-0.2, -0.15) is 5.26 Å². The Kier molecular flexibility index (Phi) is 5.17. The van der Waals surface area contributed by atoms with Crippen LogP contribution in [0.5, 0.6) is 0 Å². The lowest BCUT2D eigenvalue weighted by Crippen LogP contribution is -2.23. The second-order valence-electron chi connectivity index (χ2n) is 5.50. The normalized spacial score (nSPS) is 13.5. The molecule has 2 aromatic carbocycles. The molecule has 4 nitrogen and oxygen atoms in total. The van der Waals surface area contributed by atoms with E-state index in [0.717, 1.165) is 11.1 Å². The van der Waals surface area contributed by atoms with E-state index in [2.05, 4.69) is 6.07 Å². The summed E-state index contributed by atoms with van der Waals surface area (Å²) in [6.07, 6.45) is 6.52. The van der Waals surface area contributed by atoms with Gasteiger partial charge >= 0.3 is 6.09 Å². The fraction of sp³-hybridized carbons (Fsp3) is 0.100. The molecule has 0 aromatic heterocycles. The van der Waals surface area contributed by atoms with Crippen LogP contribution in [-0.2, 0) is 11.3 Å². The highest BCUT2D eigenvalue weighted by molar-refractivity contribution is 6.30. The average molecular weight is 351 g/mol. The number of nitrogens with zero attached hydrogens (tertiary/aromatic N) is 2. The van der Waals surface area contributed by atoms with Gasteiger partial charge in [0.2, 0.25) is 0 Å². The maximum atomic E-state index is 12.1. The standard InChI is InChI=1S/C20H15ClN2O2/c21-18-6-7-19(17(12-18)13-22)16-8-10-23(11-9-16)20(24)25-14-15-4-2-1-3-5-15/h1-12,16H,14H2. The molecule has 25 heavy (non-hydrogen) atoms. The number of amides is 1. The van der Waals surface area contributed by atoms with E-state index in [1.165, 1.54) is 4.90 Å². The number of ether oxygens (including phenoxy) is 1. The van der Waals surface area contributed by atoms with Crippen molar-refractivity contribution in [3.63, 3.8) is 0 Å². The van der Waals surface area contributed by atoms with Crippen molar-refractivity contribution in [1.29, 1.82) is 5.26 Å². The van der Waals surface area contributed by atoms with E-state index >= 15 is 0 Å². The minimum atomic E-state index is -0.452. The number of halogens is 1. The first-order valence-corrected chi connectivity index (χ1v) is 8.10. The van der Waals surface area contributed by atoms with Gasteiger partial charge < -0.3 is 4.74 Å². The number of carbonyl (C=O) groups is 1. The molecule has 1 aliphatic heterocycles. The van der Waals surface area contributed by atoms with Crippen LogP contribution in [-0.4, -0.2) is 11.0 Å². The summed E-state index contributed by atoms with van der Waals surface area (Å²) in [6.45, 7) is 0.219. The van der Waals surface area contributed by atoms with Crippen molar-refractivity contribution in [3.8, 4) is 6.07 Å². The highest BCUT2D eigenvalue weighted by Crippen LogP contribution is 2.27. The van der Waals surface area contributed by atoms with Crippen LogP contribution in [0.4, 0.5) is 4.79 Å². The zero-order chi connectivity index (χ0) is 17.6. The van der Waals surface area contributed by atoms with Crippen molar-refractivity contribution < 1.29 is 9.53 Å². The molecule has 1 aliphatic rings. The Balaban J connectivity index is 1.64. The molecule has 0 fully saturated rings. The summed E-state index contributed by atoms with van der Waals surface area (Å²) >= 11 is 5.93. The van der Waals surface area contributed by atoms with Crippen LogP contribution in [0.1, 0.15) is 22.6 Å². The molecule has 0 aliphatic carbocycles. The van der Waals surface area contributed by atoms with Crippen molar-refractivity contribution in [2.45, 2.75) is 12.5 Å². The number of nitriles is 1. The molecule has 3 rings (SSSR count). The summed E-state index contributed by atoms with van der Waals surface area (Å²) < 4.78 is 5.28. The Labute approximate surface area is 151 Å². The molecule has 0 saturated heterocycles. The van der Waals surface area contributed by atoms with Gasteiger partial charge in [-0.05, 0) is 23.3 Å². The summed E-state index contributed by atoms with van der Waals surface area (Å²) in [6, 6.07) is 16.9. The molecule has 0 saturated carbocycles. The van der Waals surface area contributed by atoms with Crippen molar-refractivity contribution in [2.24, 2.45) is 0 Å². The molecule has 0 bridgehead atoms. The average Bonchev–Trinajstić information content (AvgIpc) is 2.67. The maximum absolute atomic E-state index is 12.1. The molecular weight excluding hydrogens is 336 g/mol. The quantitative estimate of drug-likeness (QED) is 0.784. The molecule has 1 heterocycles. The second-order valence-corrected chi connectivity index (χ2v) is 5.94. The number of carbonyl (C=O) groups excluding carboxylic acids is 1. The van der Waals surface area contributed by atoms with E-state index in [4.69, 9.17) is 16.3 Å². The number of hydrogen-bond donors (Lipinski definition) is 0. The topological polar surface area (TPSA) is 53.3 Å². The van der Waals surface area contributed by atoms with Gasteiger partial charge in [0.1, 0.15) is 6.61 Å². The van der Waals surface area contributed by atoms with Crippen LogP contribution >= 0.6 is 11.6 Å². The van der Waals surface area contributed by atoms with Crippen LogP contribution in [0.2, 0.25) is 5.02 Å². The Hall–Kier alpha value is -3.03. The van der Waals surface area contributed by atoms with Gasteiger partial charge in [0.05, 0.1) is 11.6 Å². The van der Waals surface area contributed by atoms with Crippen molar-refractivity contribution in [2.75, 3.05) is 0 Å². The third-order valence-corrected chi connectivity index (χ3v) is 4.05. The van der Waals surface area contributed by atoms with E-state index < -0.39 is 6.09 Å². The van der Waals surface area contributed by atoms with Gasteiger partial charge in [0, 0.05) is 23.3 Å². The highest BCUT2D eigenvalue weighted by Gasteiger charge is 2.17. The zero-order valence-corrected chi connectivity index (χ0v) is 14.1. The Bertz CT molecular complexity index is 855. The largest absolute Gasteiger partial charge is 0.444 e. The van der Waals surface area contributed by atoms with Gasteiger partial charge in [0.15, 0.2) is 0 Å². The molecule has 0 N–H and O–H groups in total. The second kappa shape index (κ2) is 7.69. The molecule has 0 atom stereocenters. The van der Waals surface area contributed by atoms with Gasteiger partial charge in [-0.1, -0.05) is 60.2 Å². The van der Waals surface area contributed by atoms with Crippen molar-refractivity contribution in [3.05, 3.63) is 94.8 Å². The van der Waals surface area contributed by atoms with E-state index in [1.807, 2.05) is 48.6 Å². The monoisotopic (exact) mass is 350 g/mol. The highest BCUT2D eigenvalue weighted by atomic mass is 35.5. The zero-order valence-electron chi connectivity index (χ0n) is 13.3. The number of hydrogen-bond acceptors (Lipinski definition) is 3. The van der Waals surface area contributed by atoms with Crippen LogP contribution in [0.3, 0.4) is 0 Å². The van der Waals surface area contributed by atoms with Gasteiger partial charge in [-0.3, -0.25) is 4.90 Å². The third kappa shape index (κ3) is 4.09. The summed E-state index contributed by atoms with van der Waals surface area (Å²) in [5.41, 5.74) is 2.29. The van der Waals surface area contributed by atoms with Gasteiger partial charge in [-0.15, -0.1) is 0 Å². The number of allylic oxidation sites excluding steroid dienone is 2. The number of benzene rings is 2. The Morgan fingerprint density at radius 2 is 1.88 bits per heavy atom. The molecule has 0 spiro atoms. The van der Waals surface area contributed by atoms with Gasteiger partial charge in [0.25, 0.3) is 0 Å². The fourth-order valence-electron chi connectivity index (χ4n) is 2.52. The van der Waals surface area contributed by atoms with Crippen molar-refractivity contribution in [1.82, 2.24) is 4.90 Å². The maximum Gasteiger partial charge on any atom is 0.418 e. The molecule has 0 radical (unpaired) electrons. The molecule has 124 valence electrons. The van der Waals surface area contributed by atoms with E-state index in [0.29, 0.717) is 10.6 Å². The smallest absolute Gasteiger partial charge is 0.418 e. The molecule has 2 aromatic rings. The first kappa shape index (κ1) is 16.8. The Morgan fingerprint density at radius 3 is 2.56 bits per heavy atom. The Morgan fingerprint density at radius 1 is 1.16 bits per heavy atom. The third-order valence-electron chi connectivity index (χ3n) is 3.82. The number of rotatable bonds is 3. The summed E-state index contributed by atoms with van der Waals surface area (Å²) in [5, 5.41) is 9.77. The van der Waals surface area contributed by atoms with E-state index in [9.17, 15) is 10.1 Å². The lowest BCUT2D eigenvalue weighted by Gasteiger charge is -2.20. The summed E-state index contributed by atoms with van der Waals surface area (Å²) in [7, 11) is 0. The minimum absolute atomic E-state index is 0.0925. The first-order chi connectivity index (χ1) is 12.2. The van der Waals surface area contributed by atoms with Gasteiger partial charge in [-0.25, -0.2) is 4.79 Å². The molecule has 1 amide bonds. The van der Waals surface area contributed by atoms with E-state index in [-0.39, 0.29) is 12.5 Å². The molecule has 5 heteroatoms. The fourth-order valence-corrected chi connectivity index (χ4v) is 2.70.